The average molecular weight is 416 g/mol. The zero-order chi connectivity index (χ0) is 21.2. The molecule has 0 unspecified atom stereocenters. The van der Waals surface area contributed by atoms with Crippen LogP contribution in [-0.4, -0.2) is 42.3 Å². The van der Waals surface area contributed by atoms with Gasteiger partial charge in [-0.2, -0.15) is 0 Å². The number of rotatable bonds is 10. The number of hydrogen-bond donors (Lipinski definition) is 3. The molecule has 0 spiro atoms. The van der Waals surface area contributed by atoms with Crippen LogP contribution in [0, 0.1) is 5.92 Å². The highest BCUT2D eigenvalue weighted by Crippen LogP contribution is 2.22. The highest BCUT2D eigenvalue weighted by molar-refractivity contribution is 8.00. The number of hydrogen-bond acceptors (Lipinski definition) is 5. The van der Waals surface area contributed by atoms with Crippen LogP contribution in [0.1, 0.15) is 12.5 Å². The average Bonchev–Trinajstić information content (AvgIpc) is 2.70. The molecule has 1 atom stereocenters. The van der Waals surface area contributed by atoms with E-state index >= 15 is 0 Å². The molecule has 0 aliphatic rings. The lowest BCUT2D eigenvalue weighted by Crippen LogP contribution is -2.35. The van der Waals surface area contributed by atoms with E-state index in [9.17, 15) is 19.5 Å². The number of amides is 2. The minimum atomic E-state index is -0.975. The lowest BCUT2D eigenvalue weighted by molar-refractivity contribution is -0.141. The molecule has 2 rings (SSSR count). The number of methoxy groups -OCH3 is 1. The molecule has 0 aromatic heterocycles. The van der Waals surface area contributed by atoms with Crippen molar-refractivity contribution in [1.29, 1.82) is 0 Å². The van der Waals surface area contributed by atoms with Crippen LogP contribution in [0.25, 0.3) is 0 Å². The molecule has 154 valence electrons. The van der Waals surface area contributed by atoms with Crippen molar-refractivity contribution in [3.63, 3.8) is 0 Å². The van der Waals surface area contributed by atoms with Crippen LogP contribution in [0.15, 0.2) is 53.4 Å². The van der Waals surface area contributed by atoms with E-state index in [1.54, 1.807) is 18.2 Å². The van der Waals surface area contributed by atoms with E-state index in [0.717, 1.165) is 10.5 Å². The van der Waals surface area contributed by atoms with Crippen LogP contribution in [0.3, 0.4) is 0 Å². The second-order valence-corrected chi connectivity index (χ2v) is 7.40. The number of nitrogens with one attached hydrogen (secondary N) is 2. The molecule has 0 saturated heterocycles. The first-order chi connectivity index (χ1) is 13.9. The molecular formula is C21H24N2O5S. The van der Waals surface area contributed by atoms with Gasteiger partial charge in [-0.15, -0.1) is 11.8 Å². The van der Waals surface area contributed by atoms with Crippen molar-refractivity contribution in [2.24, 2.45) is 5.92 Å². The number of carbonyl (C=O) groups excluding carboxylic acids is 2. The lowest BCUT2D eigenvalue weighted by atomic mass is 9.98. The molecule has 7 nitrogen and oxygen atoms in total. The van der Waals surface area contributed by atoms with Gasteiger partial charge in [-0.3, -0.25) is 14.4 Å². The second kappa shape index (κ2) is 11.1. The highest BCUT2D eigenvalue weighted by Gasteiger charge is 2.20. The molecule has 0 saturated carbocycles. The third-order valence-corrected chi connectivity index (χ3v) is 5.11. The van der Waals surface area contributed by atoms with Crippen LogP contribution in [0.5, 0.6) is 5.75 Å². The standard InChI is InChI=1S/C21H24N2O5S/c1-14(24)23-17-7-9-18(10-8-17)29-13-20(25)22-12-16(21(26)27)11-15-5-3-4-6-19(15)28-2/h3-10,16H,11-13H2,1-2H3,(H,22,25)(H,23,24)(H,26,27)/t16-/m1/s1. The van der Waals surface area contributed by atoms with E-state index < -0.39 is 11.9 Å². The van der Waals surface area contributed by atoms with Crippen LogP contribution in [-0.2, 0) is 20.8 Å². The summed E-state index contributed by atoms with van der Waals surface area (Å²) in [4.78, 5) is 35.6. The quantitative estimate of drug-likeness (QED) is 0.515. The molecule has 3 N–H and O–H groups in total. The highest BCUT2D eigenvalue weighted by atomic mass is 32.2. The Morgan fingerprint density at radius 2 is 1.79 bits per heavy atom. The smallest absolute Gasteiger partial charge is 0.308 e. The molecule has 0 bridgehead atoms. The summed E-state index contributed by atoms with van der Waals surface area (Å²) in [5.74, 6) is -1.32. The first kappa shape index (κ1) is 22.3. The molecule has 2 aromatic carbocycles. The summed E-state index contributed by atoms with van der Waals surface area (Å²) in [5.41, 5.74) is 1.47. The number of carbonyl (C=O) groups is 3. The van der Waals surface area contributed by atoms with E-state index in [1.807, 2.05) is 30.3 Å². The zero-order valence-electron chi connectivity index (χ0n) is 16.3. The van der Waals surface area contributed by atoms with Gasteiger partial charge in [-0.25, -0.2) is 0 Å². The largest absolute Gasteiger partial charge is 0.496 e. The molecule has 2 amide bonds. The summed E-state index contributed by atoms with van der Waals surface area (Å²) in [6, 6.07) is 14.4. The van der Waals surface area contributed by atoms with Gasteiger partial charge in [-0.05, 0) is 42.3 Å². The third kappa shape index (κ3) is 7.50. The number of carboxylic acids is 1. The van der Waals surface area contributed by atoms with Gasteiger partial charge in [0.2, 0.25) is 11.8 Å². The number of ether oxygens (including phenoxy) is 1. The topological polar surface area (TPSA) is 105 Å². The number of carboxylic acid groups (broad SMARTS) is 1. The minimum absolute atomic E-state index is 0.0360. The molecule has 29 heavy (non-hydrogen) atoms. The van der Waals surface area contributed by atoms with Gasteiger partial charge >= 0.3 is 5.97 Å². The summed E-state index contributed by atoms with van der Waals surface area (Å²) in [6.07, 6.45) is 0.261. The number of benzene rings is 2. The maximum atomic E-state index is 12.1. The van der Waals surface area contributed by atoms with E-state index in [1.165, 1.54) is 25.8 Å². The molecule has 0 aliphatic carbocycles. The summed E-state index contributed by atoms with van der Waals surface area (Å²) in [6.45, 7) is 1.47. The Hall–Kier alpha value is -3.00. The van der Waals surface area contributed by atoms with Crippen molar-refractivity contribution in [3.05, 3.63) is 54.1 Å². The number of aliphatic carboxylic acids is 1. The Kier molecular flexibility index (Phi) is 8.54. The fraction of sp³-hybridized carbons (Fsp3) is 0.286. The summed E-state index contributed by atoms with van der Waals surface area (Å²) < 4.78 is 5.26. The Morgan fingerprint density at radius 1 is 1.10 bits per heavy atom. The SMILES string of the molecule is COc1ccccc1C[C@H](CNC(=O)CSc1ccc(NC(C)=O)cc1)C(=O)O. The second-order valence-electron chi connectivity index (χ2n) is 6.35. The number of anilines is 1. The molecule has 0 aliphatic heterocycles. The predicted molar refractivity (Wildman–Crippen MR) is 112 cm³/mol. The Bertz CT molecular complexity index is 854. The van der Waals surface area contributed by atoms with Gasteiger partial charge in [0.15, 0.2) is 0 Å². The van der Waals surface area contributed by atoms with Gasteiger partial charge < -0.3 is 20.5 Å². The monoisotopic (exact) mass is 416 g/mol. The molecule has 8 heteroatoms. The maximum absolute atomic E-state index is 12.1. The molecule has 0 heterocycles. The summed E-state index contributed by atoms with van der Waals surface area (Å²) >= 11 is 1.33. The van der Waals surface area contributed by atoms with E-state index in [0.29, 0.717) is 11.4 Å². The number of thioether (sulfide) groups is 1. The van der Waals surface area contributed by atoms with Crippen molar-refractivity contribution < 1.29 is 24.2 Å². The van der Waals surface area contributed by atoms with E-state index in [4.69, 9.17) is 4.74 Å². The molecular weight excluding hydrogens is 392 g/mol. The van der Waals surface area contributed by atoms with Gasteiger partial charge in [-0.1, -0.05) is 18.2 Å². The summed E-state index contributed by atoms with van der Waals surface area (Å²) in [7, 11) is 1.54. The van der Waals surface area contributed by atoms with Gasteiger partial charge in [0.1, 0.15) is 5.75 Å². The predicted octanol–water partition coefficient (Wildman–Crippen LogP) is 2.81. The molecule has 2 aromatic rings. The van der Waals surface area contributed by atoms with Crippen molar-refractivity contribution in [1.82, 2.24) is 5.32 Å². The van der Waals surface area contributed by atoms with Crippen LogP contribution in [0.2, 0.25) is 0 Å². The Labute approximate surface area is 173 Å². The van der Waals surface area contributed by atoms with Crippen molar-refractivity contribution in [3.8, 4) is 5.75 Å². The number of para-hydroxylation sites is 1. The van der Waals surface area contributed by atoms with Crippen LogP contribution in [0.4, 0.5) is 5.69 Å². The van der Waals surface area contributed by atoms with Crippen molar-refractivity contribution >= 4 is 35.2 Å². The molecule has 0 fully saturated rings. The van der Waals surface area contributed by atoms with Gasteiger partial charge in [0.25, 0.3) is 0 Å². The van der Waals surface area contributed by atoms with Crippen LogP contribution >= 0.6 is 11.8 Å². The normalized spacial score (nSPS) is 11.4. The van der Waals surface area contributed by atoms with E-state index in [2.05, 4.69) is 10.6 Å². The fourth-order valence-electron chi connectivity index (χ4n) is 2.66. The fourth-order valence-corrected chi connectivity index (χ4v) is 3.39. The van der Waals surface area contributed by atoms with E-state index in [-0.39, 0.29) is 30.5 Å². The molecule has 0 radical (unpaired) electrons. The Morgan fingerprint density at radius 3 is 2.41 bits per heavy atom. The minimum Gasteiger partial charge on any atom is -0.496 e. The zero-order valence-corrected chi connectivity index (χ0v) is 17.1. The third-order valence-electron chi connectivity index (χ3n) is 4.10. The lowest BCUT2D eigenvalue weighted by Gasteiger charge is -2.15. The van der Waals surface area contributed by atoms with Crippen molar-refractivity contribution in [2.75, 3.05) is 24.7 Å². The first-order valence-electron chi connectivity index (χ1n) is 9.01. The summed E-state index contributed by atoms with van der Waals surface area (Å²) in [5, 5.41) is 14.8. The first-order valence-corrected chi connectivity index (χ1v) is 9.99. The van der Waals surface area contributed by atoms with Crippen LogP contribution < -0.4 is 15.4 Å². The Balaban J connectivity index is 1.84. The van der Waals surface area contributed by atoms with Gasteiger partial charge in [0.05, 0.1) is 18.8 Å². The maximum Gasteiger partial charge on any atom is 0.308 e. The van der Waals surface area contributed by atoms with Crippen molar-refractivity contribution in [2.45, 2.75) is 18.2 Å². The van der Waals surface area contributed by atoms with Gasteiger partial charge in [0, 0.05) is 24.1 Å².